The summed E-state index contributed by atoms with van der Waals surface area (Å²) in [7, 11) is 0. The SMILES string of the molecule is C=CCOc1cccc(CCC(=O)NN2CCN(c3ccc(OC[C@@H]4CO[C@](C)(c5ccc(Cl)cc5Cl)O4)cc3)CC2)c1. The summed E-state index contributed by atoms with van der Waals surface area (Å²) in [4.78, 5) is 14.9. The molecule has 2 saturated heterocycles. The van der Waals surface area contributed by atoms with Gasteiger partial charge in [0.1, 0.15) is 30.8 Å². The maximum atomic E-state index is 12.6. The van der Waals surface area contributed by atoms with Crippen LogP contribution in [0.4, 0.5) is 5.69 Å². The fourth-order valence-electron chi connectivity index (χ4n) is 5.17. The third kappa shape index (κ3) is 8.43. The number of aryl methyl sites for hydroxylation is 1. The number of halogens is 2. The number of hydrazine groups is 1. The van der Waals surface area contributed by atoms with Crippen molar-refractivity contribution < 1.29 is 23.7 Å². The molecule has 3 aromatic carbocycles. The van der Waals surface area contributed by atoms with Crippen molar-refractivity contribution >= 4 is 34.8 Å². The Hall–Kier alpha value is -3.27. The predicted octanol–water partition coefficient (Wildman–Crippen LogP) is 6.01. The van der Waals surface area contributed by atoms with Crippen molar-refractivity contribution in [2.45, 2.75) is 31.7 Å². The van der Waals surface area contributed by atoms with E-state index in [2.05, 4.69) is 29.0 Å². The van der Waals surface area contributed by atoms with Gasteiger partial charge in [-0.1, -0.05) is 54.1 Å². The van der Waals surface area contributed by atoms with Crippen molar-refractivity contribution in [3.63, 3.8) is 0 Å². The van der Waals surface area contributed by atoms with Crippen LogP contribution < -0.4 is 19.8 Å². The number of rotatable bonds is 12. The van der Waals surface area contributed by atoms with Crippen LogP contribution in [0.2, 0.25) is 10.0 Å². The number of anilines is 1. The van der Waals surface area contributed by atoms with Crippen LogP contribution in [0, 0.1) is 0 Å². The van der Waals surface area contributed by atoms with Gasteiger partial charge in [0.25, 0.3) is 0 Å². The Kier molecular flexibility index (Phi) is 10.5. The van der Waals surface area contributed by atoms with Crippen LogP contribution in [-0.2, 0) is 26.5 Å². The van der Waals surface area contributed by atoms with Gasteiger partial charge < -0.3 is 23.8 Å². The molecule has 2 fully saturated rings. The number of benzene rings is 3. The smallest absolute Gasteiger partial charge is 0.234 e. The van der Waals surface area contributed by atoms with Gasteiger partial charge in [0.15, 0.2) is 5.79 Å². The van der Waals surface area contributed by atoms with E-state index in [-0.39, 0.29) is 12.0 Å². The van der Waals surface area contributed by atoms with E-state index in [0.29, 0.717) is 42.7 Å². The molecule has 0 bridgehead atoms. The second-order valence-electron chi connectivity index (χ2n) is 10.7. The van der Waals surface area contributed by atoms with E-state index in [0.717, 1.165) is 54.5 Å². The topological polar surface area (TPSA) is 72.5 Å². The van der Waals surface area contributed by atoms with Gasteiger partial charge in [-0.05, 0) is 67.4 Å². The van der Waals surface area contributed by atoms with E-state index >= 15 is 0 Å². The Balaban J connectivity index is 1.02. The molecule has 0 saturated carbocycles. The fraction of sp³-hybridized carbons (Fsp3) is 0.364. The Morgan fingerprint density at radius 1 is 1.05 bits per heavy atom. The number of nitrogens with one attached hydrogen (secondary N) is 1. The minimum Gasteiger partial charge on any atom is -0.491 e. The lowest BCUT2D eigenvalue weighted by Crippen LogP contribution is -2.53. The molecule has 10 heteroatoms. The number of hydrogen-bond acceptors (Lipinski definition) is 7. The van der Waals surface area contributed by atoms with Gasteiger partial charge in [-0.2, -0.15) is 0 Å². The van der Waals surface area contributed by atoms with Crippen LogP contribution in [0.25, 0.3) is 0 Å². The highest BCUT2D eigenvalue weighted by molar-refractivity contribution is 6.35. The maximum Gasteiger partial charge on any atom is 0.234 e. The van der Waals surface area contributed by atoms with E-state index in [1.807, 2.05) is 54.4 Å². The van der Waals surface area contributed by atoms with Gasteiger partial charge >= 0.3 is 0 Å². The Morgan fingerprint density at radius 2 is 1.84 bits per heavy atom. The van der Waals surface area contributed by atoms with Gasteiger partial charge in [-0.25, -0.2) is 5.01 Å². The summed E-state index contributed by atoms with van der Waals surface area (Å²) in [5.74, 6) is 0.609. The zero-order valence-electron chi connectivity index (χ0n) is 24.3. The highest BCUT2D eigenvalue weighted by Gasteiger charge is 2.40. The summed E-state index contributed by atoms with van der Waals surface area (Å²) in [6.07, 6.45) is 2.55. The number of nitrogens with zero attached hydrogens (tertiary/aromatic N) is 2. The lowest BCUT2D eigenvalue weighted by Gasteiger charge is -2.36. The van der Waals surface area contributed by atoms with Gasteiger partial charge in [-0.3, -0.25) is 10.2 Å². The molecular weight excluding hydrogens is 589 g/mol. The number of amides is 1. The average Bonchev–Trinajstić information content (AvgIpc) is 3.40. The van der Waals surface area contributed by atoms with Crippen LogP contribution in [0.5, 0.6) is 11.5 Å². The number of ether oxygens (including phenoxy) is 4. The van der Waals surface area contributed by atoms with Crippen LogP contribution in [-0.4, -0.2) is 63.0 Å². The predicted molar refractivity (Wildman–Crippen MR) is 169 cm³/mol. The minimum absolute atomic E-state index is 0.0144. The van der Waals surface area contributed by atoms with Crippen molar-refractivity contribution in [1.82, 2.24) is 10.4 Å². The first kappa shape index (κ1) is 31.2. The first-order chi connectivity index (χ1) is 20.8. The summed E-state index contributed by atoms with van der Waals surface area (Å²) in [6.45, 7) is 9.83. The quantitative estimate of drug-likeness (QED) is 0.247. The second-order valence-corrected chi connectivity index (χ2v) is 11.5. The molecule has 228 valence electrons. The van der Waals surface area contributed by atoms with Crippen molar-refractivity contribution in [2.75, 3.05) is 50.9 Å². The van der Waals surface area contributed by atoms with Crippen molar-refractivity contribution in [1.29, 1.82) is 0 Å². The molecular formula is C33H37Cl2N3O5. The molecule has 3 aromatic rings. The highest BCUT2D eigenvalue weighted by Crippen LogP contribution is 2.38. The molecule has 0 aromatic heterocycles. The lowest BCUT2D eigenvalue weighted by molar-refractivity contribution is -0.164. The van der Waals surface area contributed by atoms with Crippen molar-refractivity contribution in [2.24, 2.45) is 0 Å². The molecule has 0 unspecified atom stereocenters. The molecule has 0 radical (unpaired) electrons. The van der Waals surface area contributed by atoms with Crippen molar-refractivity contribution in [3.05, 3.63) is 101 Å². The summed E-state index contributed by atoms with van der Waals surface area (Å²) >= 11 is 12.4. The van der Waals surface area contributed by atoms with Gasteiger partial charge in [-0.15, -0.1) is 0 Å². The molecule has 2 aliphatic rings. The van der Waals surface area contributed by atoms with E-state index in [4.69, 9.17) is 42.1 Å². The highest BCUT2D eigenvalue weighted by atomic mass is 35.5. The normalized spacial score (nSPS) is 20.5. The first-order valence-electron chi connectivity index (χ1n) is 14.4. The average molecular weight is 627 g/mol. The molecule has 1 N–H and O–H groups in total. The maximum absolute atomic E-state index is 12.6. The van der Waals surface area contributed by atoms with E-state index < -0.39 is 5.79 Å². The van der Waals surface area contributed by atoms with Gasteiger partial charge in [0.05, 0.1) is 11.6 Å². The van der Waals surface area contributed by atoms with Crippen LogP contribution in [0.3, 0.4) is 0 Å². The Bertz CT molecular complexity index is 1400. The molecule has 0 spiro atoms. The Labute approximate surface area is 263 Å². The zero-order chi connectivity index (χ0) is 30.2. The molecule has 2 heterocycles. The molecule has 8 nitrogen and oxygen atoms in total. The second kappa shape index (κ2) is 14.5. The number of carbonyl (C=O) groups is 1. The summed E-state index contributed by atoms with van der Waals surface area (Å²) in [5, 5.41) is 3.06. The summed E-state index contributed by atoms with van der Waals surface area (Å²) in [6, 6.07) is 21.1. The lowest BCUT2D eigenvalue weighted by atomic mass is 10.1. The van der Waals surface area contributed by atoms with Crippen LogP contribution in [0.15, 0.2) is 79.4 Å². The molecule has 0 aliphatic carbocycles. The van der Waals surface area contributed by atoms with Crippen LogP contribution >= 0.6 is 23.2 Å². The first-order valence-corrected chi connectivity index (χ1v) is 15.2. The number of piperazine rings is 1. The third-order valence-corrected chi connectivity index (χ3v) is 8.01. The number of hydrogen-bond donors (Lipinski definition) is 1. The molecule has 1 amide bonds. The van der Waals surface area contributed by atoms with E-state index in [9.17, 15) is 4.79 Å². The van der Waals surface area contributed by atoms with Crippen LogP contribution in [0.1, 0.15) is 24.5 Å². The molecule has 2 aliphatic heterocycles. The van der Waals surface area contributed by atoms with Gasteiger partial charge in [0, 0.05) is 48.9 Å². The van der Waals surface area contributed by atoms with E-state index in [1.54, 1.807) is 18.2 Å². The molecule has 2 atom stereocenters. The zero-order valence-corrected chi connectivity index (χ0v) is 25.8. The monoisotopic (exact) mass is 625 g/mol. The summed E-state index contributed by atoms with van der Waals surface area (Å²) in [5.41, 5.74) is 5.97. The number of carbonyl (C=O) groups excluding carboxylic acids is 1. The largest absolute Gasteiger partial charge is 0.491 e. The standard InChI is InChI=1S/C33H37Cl2N3O5/c1-3-19-40-28-6-4-5-24(20-28)7-14-32(39)36-38-17-15-37(16-18-38)26-9-11-27(12-10-26)41-22-29-23-42-33(2,43-29)30-13-8-25(34)21-31(30)35/h3-6,8-13,20-21,29H,1,7,14-19,22-23H2,2H3,(H,36,39)/t29-,33+/m1/s1. The molecule has 5 rings (SSSR count). The fourth-order valence-corrected chi connectivity index (χ4v) is 5.75. The minimum atomic E-state index is -0.951. The summed E-state index contributed by atoms with van der Waals surface area (Å²) < 4.78 is 23.7. The van der Waals surface area contributed by atoms with Crippen molar-refractivity contribution in [3.8, 4) is 11.5 Å². The van der Waals surface area contributed by atoms with E-state index in [1.165, 1.54) is 0 Å². The molecule has 43 heavy (non-hydrogen) atoms. The Morgan fingerprint density at radius 3 is 2.58 bits per heavy atom. The third-order valence-electron chi connectivity index (χ3n) is 7.46. The van der Waals surface area contributed by atoms with Gasteiger partial charge in [0.2, 0.25) is 5.91 Å².